The number of nitrogens with zero attached hydrogens (tertiary/aromatic N) is 1. The van der Waals surface area contributed by atoms with Crippen molar-refractivity contribution >= 4 is 38.5 Å². The van der Waals surface area contributed by atoms with Gasteiger partial charge in [0.1, 0.15) is 11.3 Å². The number of benzene rings is 4. The number of hydrogen-bond donors (Lipinski definition) is 1. The number of anilines is 1. The molecule has 0 spiro atoms. The van der Waals surface area contributed by atoms with E-state index >= 15 is 0 Å². The van der Waals surface area contributed by atoms with Gasteiger partial charge in [-0.15, -0.1) is 6.42 Å². The second kappa shape index (κ2) is 7.62. The lowest BCUT2D eigenvalue weighted by Gasteiger charge is -2.15. The number of nitrogens with two attached hydrogens (primary N) is 1. The first-order chi connectivity index (χ1) is 16.7. The third-order valence-electron chi connectivity index (χ3n) is 6.28. The van der Waals surface area contributed by atoms with Crippen LogP contribution in [0, 0.1) is 31.1 Å². The molecule has 0 saturated carbocycles. The van der Waals surface area contributed by atoms with E-state index < -0.39 is 0 Å². The molecule has 0 saturated heterocycles. The third-order valence-corrected chi connectivity index (χ3v) is 6.28. The molecule has 34 heavy (non-hydrogen) atoms. The highest BCUT2D eigenvalue weighted by atomic mass is 16.3. The minimum Gasteiger partial charge on any atom is -0.459 e. The average Bonchev–Trinajstić information content (AvgIpc) is 3.37. The quantitative estimate of drug-likeness (QED) is 0.233. The highest BCUT2D eigenvalue weighted by Crippen LogP contribution is 2.40. The van der Waals surface area contributed by atoms with E-state index in [2.05, 4.69) is 83.0 Å². The van der Waals surface area contributed by atoms with Crippen LogP contribution in [0.25, 0.3) is 49.6 Å². The van der Waals surface area contributed by atoms with Crippen molar-refractivity contribution in [1.29, 1.82) is 0 Å². The smallest absolute Gasteiger partial charge is 0.143 e. The van der Waals surface area contributed by atoms with E-state index in [9.17, 15) is 0 Å². The van der Waals surface area contributed by atoms with Crippen LogP contribution in [0.2, 0.25) is 0 Å². The highest BCUT2D eigenvalue weighted by molar-refractivity contribution is 6.10. The Morgan fingerprint density at radius 1 is 0.794 bits per heavy atom. The molecule has 6 rings (SSSR count). The SMILES string of the molecule is C#CC#Cc1c(C)oc2c(-c3cc(N)ccc3-n3c4ccccc4c4ccccc43)cccc12. The van der Waals surface area contributed by atoms with Gasteiger partial charge in [0.05, 0.1) is 22.3 Å². The fourth-order valence-corrected chi connectivity index (χ4v) is 4.85. The summed E-state index contributed by atoms with van der Waals surface area (Å²) in [6.07, 6.45) is 5.37. The minimum atomic E-state index is 0.687. The van der Waals surface area contributed by atoms with Gasteiger partial charge in [0, 0.05) is 33.0 Å². The van der Waals surface area contributed by atoms with Gasteiger partial charge < -0.3 is 14.7 Å². The molecule has 2 aromatic heterocycles. The first-order valence-electron chi connectivity index (χ1n) is 11.0. The van der Waals surface area contributed by atoms with E-state index in [0.29, 0.717) is 5.69 Å². The molecule has 0 unspecified atom stereocenters. The predicted molar refractivity (Wildman–Crippen MR) is 141 cm³/mol. The van der Waals surface area contributed by atoms with Crippen molar-refractivity contribution in [2.45, 2.75) is 6.92 Å². The summed E-state index contributed by atoms with van der Waals surface area (Å²) in [5.74, 6) is 8.91. The number of furan rings is 1. The summed E-state index contributed by atoms with van der Waals surface area (Å²) in [5.41, 5.74) is 13.8. The van der Waals surface area contributed by atoms with E-state index in [1.54, 1.807) is 0 Å². The molecular formula is C31H20N2O. The number of terminal acetylenes is 1. The van der Waals surface area contributed by atoms with Crippen LogP contribution < -0.4 is 5.73 Å². The Bertz CT molecular complexity index is 1790. The average molecular weight is 437 g/mol. The van der Waals surface area contributed by atoms with Crippen LogP contribution in [0.4, 0.5) is 5.69 Å². The number of nitrogen functional groups attached to an aromatic ring is 1. The lowest BCUT2D eigenvalue weighted by Crippen LogP contribution is -1.99. The number of hydrogen-bond acceptors (Lipinski definition) is 2. The zero-order valence-electron chi connectivity index (χ0n) is 18.6. The van der Waals surface area contributed by atoms with Crippen LogP contribution in [-0.2, 0) is 0 Å². The van der Waals surface area contributed by atoms with E-state index in [1.807, 2.05) is 31.2 Å². The molecular weight excluding hydrogens is 416 g/mol. The lowest BCUT2D eigenvalue weighted by atomic mass is 9.99. The lowest BCUT2D eigenvalue weighted by molar-refractivity contribution is 0.578. The predicted octanol–water partition coefficient (Wildman–Crippen LogP) is 7.07. The fraction of sp³-hybridized carbons (Fsp3) is 0.0323. The second-order valence-electron chi connectivity index (χ2n) is 8.26. The Hall–Kier alpha value is -4.86. The van der Waals surface area contributed by atoms with E-state index in [4.69, 9.17) is 16.6 Å². The van der Waals surface area contributed by atoms with Crippen LogP contribution in [0.1, 0.15) is 11.3 Å². The summed E-state index contributed by atoms with van der Waals surface area (Å²) in [5, 5.41) is 3.35. The van der Waals surface area contributed by atoms with Crippen LogP contribution in [0.5, 0.6) is 0 Å². The van der Waals surface area contributed by atoms with E-state index in [-0.39, 0.29) is 0 Å². The number of rotatable bonds is 2. The molecule has 0 bridgehead atoms. The Balaban J connectivity index is 1.72. The van der Waals surface area contributed by atoms with Crippen molar-refractivity contribution in [2.75, 3.05) is 5.73 Å². The van der Waals surface area contributed by atoms with E-state index in [0.717, 1.165) is 50.1 Å². The number of aryl methyl sites for hydroxylation is 1. The molecule has 0 atom stereocenters. The van der Waals surface area contributed by atoms with Crippen molar-refractivity contribution < 1.29 is 4.42 Å². The Morgan fingerprint density at radius 3 is 2.18 bits per heavy atom. The number of fused-ring (bicyclic) bond motifs is 4. The molecule has 0 radical (unpaired) electrons. The molecule has 2 heterocycles. The maximum atomic E-state index is 6.30. The monoisotopic (exact) mass is 436 g/mol. The van der Waals surface area contributed by atoms with Gasteiger partial charge in [0.15, 0.2) is 0 Å². The van der Waals surface area contributed by atoms with Gasteiger partial charge in [0.2, 0.25) is 0 Å². The minimum absolute atomic E-state index is 0.687. The highest BCUT2D eigenvalue weighted by Gasteiger charge is 2.19. The van der Waals surface area contributed by atoms with Gasteiger partial charge in [-0.1, -0.05) is 48.5 Å². The topological polar surface area (TPSA) is 44.1 Å². The molecule has 4 aromatic carbocycles. The summed E-state index contributed by atoms with van der Waals surface area (Å²) >= 11 is 0. The van der Waals surface area contributed by atoms with Gasteiger partial charge >= 0.3 is 0 Å². The van der Waals surface area contributed by atoms with Crippen molar-refractivity contribution in [1.82, 2.24) is 4.57 Å². The molecule has 2 N–H and O–H groups in total. The van der Waals surface area contributed by atoms with Crippen LogP contribution in [0.15, 0.2) is 89.3 Å². The van der Waals surface area contributed by atoms with Crippen molar-refractivity contribution in [3.05, 3.63) is 96.3 Å². The van der Waals surface area contributed by atoms with Gasteiger partial charge in [-0.25, -0.2) is 0 Å². The summed E-state index contributed by atoms with van der Waals surface area (Å²) in [4.78, 5) is 0. The molecule has 3 heteroatoms. The molecule has 0 fully saturated rings. The third kappa shape index (κ3) is 2.89. The van der Waals surface area contributed by atoms with Crippen LogP contribution >= 0.6 is 0 Å². The summed E-state index contributed by atoms with van der Waals surface area (Å²) < 4.78 is 8.55. The maximum absolute atomic E-state index is 6.30. The van der Waals surface area contributed by atoms with Crippen molar-refractivity contribution in [3.63, 3.8) is 0 Å². The number of aromatic nitrogens is 1. The fourth-order valence-electron chi connectivity index (χ4n) is 4.85. The zero-order chi connectivity index (χ0) is 23.2. The van der Waals surface area contributed by atoms with Crippen LogP contribution in [0.3, 0.4) is 0 Å². The molecule has 6 aromatic rings. The Morgan fingerprint density at radius 2 is 1.47 bits per heavy atom. The van der Waals surface area contributed by atoms with Crippen molar-refractivity contribution in [2.24, 2.45) is 0 Å². The van der Waals surface area contributed by atoms with Gasteiger partial charge in [-0.3, -0.25) is 0 Å². The van der Waals surface area contributed by atoms with Crippen LogP contribution in [-0.4, -0.2) is 4.57 Å². The standard InChI is InChI=1S/C31H20N2O/c1-3-4-10-22-20(2)34-31-25(22)13-9-14-26(31)27-19-21(32)17-18-30(27)33-28-15-7-5-11-23(28)24-12-6-8-16-29(24)33/h1,5-9,11-19H,32H2,2H3. The molecule has 3 nitrogen and oxygen atoms in total. The van der Waals surface area contributed by atoms with Crippen molar-refractivity contribution in [3.8, 4) is 41.0 Å². The summed E-state index contributed by atoms with van der Waals surface area (Å²) in [6, 6.07) is 29.1. The summed E-state index contributed by atoms with van der Waals surface area (Å²) in [7, 11) is 0. The van der Waals surface area contributed by atoms with E-state index in [1.165, 1.54) is 10.8 Å². The maximum Gasteiger partial charge on any atom is 0.143 e. The number of para-hydroxylation sites is 3. The molecule has 0 aliphatic carbocycles. The van der Waals surface area contributed by atoms with Gasteiger partial charge in [-0.2, -0.15) is 0 Å². The molecule has 0 aliphatic heterocycles. The molecule has 160 valence electrons. The van der Waals surface area contributed by atoms with Gasteiger partial charge in [-0.05, 0) is 61.1 Å². The summed E-state index contributed by atoms with van der Waals surface area (Å²) in [6.45, 7) is 1.91. The molecule has 0 amide bonds. The first kappa shape index (κ1) is 19.8. The first-order valence-corrected chi connectivity index (χ1v) is 11.0. The Kier molecular flexibility index (Phi) is 4.44. The second-order valence-corrected chi connectivity index (χ2v) is 8.26. The molecule has 0 aliphatic rings. The largest absolute Gasteiger partial charge is 0.459 e. The zero-order valence-corrected chi connectivity index (χ0v) is 18.6. The normalized spacial score (nSPS) is 10.9. The van der Waals surface area contributed by atoms with Gasteiger partial charge in [0.25, 0.3) is 0 Å². The Labute approximate surface area is 197 Å².